The minimum atomic E-state index is 0.128. The lowest BCUT2D eigenvalue weighted by atomic mass is 10.2. The van der Waals surface area contributed by atoms with Crippen molar-refractivity contribution in [2.24, 2.45) is 0 Å². The second kappa shape index (κ2) is 6.54. The van der Waals surface area contributed by atoms with Gasteiger partial charge in [0.1, 0.15) is 0 Å². The quantitative estimate of drug-likeness (QED) is 0.729. The van der Waals surface area contributed by atoms with E-state index in [1.165, 1.54) is 0 Å². The standard InChI is InChI=1S/C10H14BNOS/c11-14-7-6-10(13)12-8-9-4-2-1-3-5-9/h1-5H,6-8,11H2,(H,12,13). The van der Waals surface area contributed by atoms with Gasteiger partial charge in [-0.25, -0.2) is 11.6 Å². The first-order chi connectivity index (χ1) is 6.83. The molecule has 0 heterocycles. The molecule has 1 amide bonds. The van der Waals surface area contributed by atoms with E-state index in [4.69, 9.17) is 0 Å². The summed E-state index contributed by atoms with van der Waals surface area (Å²) >= 11 is 1.69. The molecule has 0 aliphatic heterocycles. The van der Waals surface area contributed by atoms with Crippen LogP contribution in [0.1, 0.15) is 12.0 Å². The van der Waals surface area contributed by atoms with E-state index < -0.39 is 0 Å². The Morgan fingerprint density at radius 2 is 2.07 bits per heavy atom. The number of benzene rings is 1. The van der Waals surface area contributed by atoms with Crippen molar-refractivity contribution in [3.05, 3.63) is 35.9 Å². The molecule has 0 aliphatic rings. The van der Waals surface area contributed by atoms with E-state index in [2.05, 4.69) is 5.32 Å². The summed E-state index contributed by atoms with van der Waals surface area (Å²) in [5.41, 5.74) is 1.14. The van der Waals surface area contributed by atoms with E-state index in [-0.39, 0.29) is 5.91 Å². The van der Waals surface area contributed by atoms with Crippen molar-refractivity contribution in [1.29, 1.82) is 0 Å². The second-order valence-electron chi connectivity index (χ2n) is 3.01. The monoisotopic (exact) mass is 207 g/mol. The Bertz CT molecular complexity index is 279. The SMILES string of the molecule is BSCCC(=O)NCc1ccccc1. The van der Waals surface area contributed by atoms with Crippen molar-refractivity contribution < 1.29 is 4.79 Å². The molecule has 1 aromatic carbocycles. The van der Waals surface area contributed by atoms with Crippen LogP contribution in [-0.2, 0) is 11.3 Å². The lowest BCUT2D eigenvalue weighted by molar-refractivity contribution is -0.120. The van der Waals surface area contributed by atoms with Crippen LogP contribution in [-0.4, -0.2) is 18.8 Å². The Hall–Kier alpha value is -0.895. The molecule has 0 radical (unpaired) electrons. The van der Waals surface area contributed by atoms with Crippen LogP contribution in [0.15, 0.2) is 30.3 Å². The molecule has 1 N–H and O–H groups in total. The topological polar surface area (TPSA) is 29.1 Å². The maximum absolute atomic E-state index is 11.3. The third kappa shape index (κ3) is 4.37. The highest BCUT2D eigenvalue weighted by Gasteiger charge is 1.99. The number of amides is 1. The molecular weight excluding hydrogens is 193 g/mol. The van der Waals surface area contributed by atoms with Crippen LogP contribution in [0.2, 0.25) is 0 Å². The highest BCUT2D eigenvalue weighted by Crippen LogP contribution is 1.98. The molecule has 0 atom stereocenters. The molecule has 0 bridgehead atoms. The van der Waals surface area contributed by atoms with Crippen LogP contribution < -0.4 is 5.32 Å². The van der Waals surface area contributed by atoms with Crippen LogP contribution in [0.4, 0.5) is 0 Å². The molecule has 0 saturated heterocycles. The third-order valence-electron chi connectivity index (χ3n) is 1.87. The van der Waals surface area contributed by atoms with Gasteiger partial charge in [-0.15, -0.1) is 0 Å². The molecule has 2 nitrogen and oxygen atoms in total. The van der Waals surface area contributed by atoms with Gasteiger partial charge in [0.25, 0.3) is 0 Å². The molecule has 4 heteroatoms. The Morgan fingerprint density at radius 3 is 2.71 bits per heavy atom. The fraction of sp³-hybridized carbons (Fsp3) is 0.300. The Kier molecular flexibility index (Phi) is 5.23. The summed E-state index contributed by atoms with van der Waals surface area (Å²) in [4.78, 5) is 11.3. The van der Waals surface area contributed by atoms with Crippen molar-refractivity contribution in [2.45, 2.75) is 13.0 Å². The summed E-state index contributed by atoms with van der Waals surface area (Å²) in [6.07, 6.45) is 0.605. The van der Waals surface area contributed by atoms with Crippen LogP contribution in [0, 0.1) is 0 Å². The van der Waals surface area contributed by atoms with E-state index in [0.717, 1.165) is 11.3 Å². The van der Waals surface area contributed by atoms with Crippen LogP contribution in [0.3, 0.4) is 0 Å². The Morgan fingerprint density at radius 1 is 1.36 bits per heavy atom. The van der Waals surface area contributed by atoms with Gasteiger partial charge in [0, 0.05) is 13.0 Å². The molecule has 0 aromatic heterocycles. The first-order valence-electron chi connectivity index (χ1n) is 4.62. The zero-order valence-corrected chi connectivity index (χ0v) is 9.14. The van der Waals surface area contributed by atoms with Crippen molar-refractivity contribution in [3.63, 3.8) is 0 Å². The first-order valence-corrected chi connectivity index (χ1v) is 6.02. The van der Waals surface area contributed by atoms with E-state index in [9.17, 15) is 4.79 Å². The number of hydrogen-bond donors (Lipinski definition) is 1. The Balaban J connectivity index is 2.24. The molecule has 0 fully saturated rings. The van der Waals surface area contributed by atoms with Gasteiger partial charge in [-0.3, -0.25) is 4.79 Å². The largest absolute Gasteiger partial charge is 0.352 e. The summed E-state index contributed by atoms with van der Waals surface area (Å²) in [7, 11) is 2.00. The molecule has 1 rings (SSSR count). The first kappa shape index (κ1) is 11.2. The van der Waals surface area contributed by atoms with Gasteiger partial charge in [-0.1, -0.05) is 30.3 Å². The highest BCUT2D eigenvalue weighted by atomic mass is 32.2. The maximum atomic E-state index is 11.3. The van der Waals surface area contributed by atoms with Gasteiger partial charge in [0.05, 0.1) is 0 Å². The van der Waals surface area contributed by atoms with Gasteiger partial charge < -0.3 is 5.32 Å². The average Bonchev–Trinajstić information content (AvgIpc) is 2.25. The summed E-state index contributed by atoms with van der Waals surface area (Å²) in [5.74, 6) is 1.02. The van der Waals surface area contributed by atoms with Crippen molar-refractivity contribution in [2.75, 3.05) is 5.75 Å². The third-order valence-corrected chi connectivity index (χ3v) is 2.48. The number of rotatable bonds is 5. The van der Waals surface area contributed by atoms with Crippen molar-refractivity contribution in [1.82, 2.24) is 5.32 Å². The fourth-order valence-corrected chi connectivity index (χ4v) is 1.47. The minimum Gasteiger partial charge on any atom is -0.352 e. The maximum Gasteiger partial charge on any atom is 0.221 e. The van der Waals surface area contributed by atoms with Crippen LogP contribution >= 0.6 is 11.6 Å². The van der Waals surface area contributed by atoms with E-state index in [1.807, 2.05) is 37.5 Å². The van der Waals surface area contributed by atoms with E-state index >= 15 is 0 Å². The minimum absolute atomic E-state index is 0.128. The van der Waals surface area contributed by atoms with Gasteiger partial charge >= 0.3 is 0 Å². The lowest BCUT2D eigenvalue weighted by Gasteiger charge is -2.04. The van der Waals surface area contributed by atoms with Crippen molar-refractivity contribution >= 4 is 24.6 Å². The molecule has 74 valence electrons. The summed E-state index contributed by atoms with van der Waals surface area (Å²) in [5, 5.41) is 2.88. The molecule has 0 aliphatic carbocycles. The number of carbonyl (C=O) groups excluding carboxylic acids is 1. The van der Waals surface area contributed by atoms with Gasteiger partial charge in [0.15, 0.2) is 7.12 Å². The highest BCUT2D eigenvalue weighted by molar-refractivity contribution is 8.19. The van der Waals surface area contributed by atoms with Crippen molar-refractivity contribution in [3.8, 4) is 0 Å². The van der Waals surface area contributed by atoms with E-state index in [1.54, 1.807) is 11.6 Å². The van der Waals surface area contributed by atoms with Gasteiger partial charge in [-0.2, -0.15) is 0 Å². The van der Waals surface area contributed by atoms with Gasteiger partial charge in [-0.05, 0) is 11.3 Å². The molecule has 0 spiro atoms. The van der Waals surface area contributed by atoms with Crippen LogP contribution in [0.5, 0.6) is 0 Å². The predicted octanol–water partition coefficient (Wildman–Crippen LogP) is 0.974. The summed E-state index contributed by atoms with van der Waals surface area (Å²) in [6, 6.07) is 9.94. The number of hydrogen-bond acceptors (Lipinski definition) is 2. The Labute approximate surface area is 89.8 Å². The second-order valence-corrected chi connectivity index (χ2v) is 3.99. The number of nitrogens with one attached hydrogen (secondary N) is 1. The zero-order chi connectivity index (χ0) is 10.2. The summed E-state index contributed by atoms with van der Waals surface area (Å²) in [6.45, 7) is 0.633. The summed E-state index contributed by atoms with van der Waals surface area (Å²) < 4.78 is 0. The fourth-order valence-electron chi connectivity index (χ4n) is 1.08. The number of carbonyl (C=O) groups is 1. The normalized spacial score (nSPS) is 9.71. The predicted molar refractivity (Wildman–Crippen MR) is 63.9 cm³/mol. The van der Waals surface area contributed by atoms with E-state index in [0.29, 0.717) is 13.0 Å². The molecular formula is C10H14BNOS. The van der Waals surface area contributed by atoms with Gasteiger partial charge in [0.2, 0.25) is 5.91 Å². The average molecular weight is 207 g/mol. The molecule has 0 saturated carbocycles. The van der Waals surface area contributed by atoms with Crippen LogP contribution in [0.25, 0.3) is 0 Å². The smallest absolute Gasteiger partial charge is 0.221 e. The zero-order valence-electron chi connectivity index (χ0n) is 8.32. The molecule has 0 unspecified atom stereocenters. The lowest BCUT2D eigenvalue weighted by Crippen LogP contribution is -2.22. The molecule has 14 heavy (non-hydrogen) atoms. The molecule has 1 aromatic rings.